The van der Waals surface area contributed by atoms with Gasteiger partial charge in [0.25, 0.3) is 0 Å². The molecule has 0 aliphatic heterocycles. The first kappa shape index (κ1) is 20.7. The monoisotopic (exact) mass is 432 g/mol. The van der Waals surface area contributed by atoms with Gasteiger partial charge in [0, 0.05) is 16.7 Å². The Morgan fingerprint density at radius 1 is 1.10 bits per heavy atom. The highest BCUT2D eigenvalue weighted by atomic mass is 35.5. The van der Waals surface area contributed by atoms with Crippen LogP contribution in [0.4, 0.5) is 11.4 Å². The number of ether oxygens (including phenoxy) is 1. The highest BCUT2D eigenvalue weighted by Crippen LogP contribution is 2.37. The van der Waals surface area contributed by atoms with Crippen molar-refractivity contribution >= 4 is 40.2 Å². The number of phenols is 1. The Bertz CT molecular complexity index is 1100. The summed E-state index contributed by atoms with van der Waals surface area (Å²) in [6.07, 6.45) is 0. The number of rotatable bonds is 6. The van der Waals surface area contributed by atoms with E-state index in [1.54, 1.807) is 42.5 Å². The van der Waals surface area contributed by atoms with Gasteiger partial charge in [-0.25, -0.2) is 4.79 Å². The topological polar surface area (TPSA) is 110 Å². The van der Waals surface area contributed by atoms with Gasteiger partial charge in [-0.15, -0.1) is 0 Å². The number of carbonyl (C=O) groups is 1. The van der Waals surface area contributed by atoms with E-state index < -0.39 is 23.0 Å². The summed E-state index contributed by atoms with van der Waals surface area (Å²) < 4.78 is 30.2. The van der Waals surface area contributed by atoms with Crippen LogP contribution in [0.5, 0.6) is 11.5 Å². The fourth-order valence-electron chi connectivity index (χ4n) is 2.85. The Balaban J connectivity index is 2.10. The van der Waals surface area contributed by atoms with E-state index in [1.165, 1.54) is 13.2 Å². The van der Waals surface area contributed by atoms with Crippen molar-refractivity contribution in [1.82, 2.24) is 0 Å². The zero-order valence-electron chi connectivity index (χ0n) is 15.0. The van der Waals surface area contributed by atoms with Crippen LogP contribution in [0, 0.1) is 0 Å². The van der Waals surface area contributed by atoms with Crippen LogP contribution in [0.15, 0.2) is 60.7 Å². The van der Waals surface area contributed by atoms with Crippen molar-refractivity contribution in [2.24, 2.45) is 0 Å². The van der Waals surface area contributed by atoms with Crippen LogP contribution in [0.3, 0.4) is 0 Å². The average molecular weight is 433 g/mol. The Kier molecular flexibility index (Phi) is 6.07. The summed E-state index contributed by atoms with van der Waals surface area (Å²) >= 11 is 3.35. The molecule has 0 aliphatic carbocycles. The summed E-state index contributed by atoms with van der Waals surface area (Å²) in [7, 11) is 1.52. The number of hydrogen-bond acceptors (Lipinski definition) is 5. The van der Waals surface area contributed by atoms with Crippen LogP contribution in [-0.4, -0.2) is 32.1 Å². The summed E-state index contributed by atoms with van der Waals surface area (Å²) in [5, 5.41) is 19.5. The van der Waals surface area contributed by atoms with Crippen LogP contribution in [0.1, 0.15) is 10.4 Å². The van der Waals surface area contributed by atoms with Crippen molar-refractivity contribution < 1.29 is 28.5 Å². The summed E-state index contributed by atoms with van der Waals surface area (Å²) in [5.74, 6) is -1.30. The molecule has 1 atom stereocenters. The van der Waals surface area contributed by atoms with Gasteiger partial charge >= 0.3 is 5.97 Å². The molecule has 150 valence electrons. The Labute approximate surface area is 174 Å². The molecule has 2 N–H and O–H groups in total. The summed E-state index contributed by atoms with van der Waals surface area (Å²) in [4.78, 5) is 11.1. The molecule has 0 radical (unpaired) electrons. The second-order valence-electron chi connectivity index (χ2n) is 5.91. The molecule has 0 bridgehead atoms. The van der Waals surface area contributed by atoms with Gasteiger partial charge in [-0.2, -0.15) is 0 Å². The molecule has 29 heavy (non-hydrogen) atoms. The highest BCUT2D eigenvalue weighted by molar-refractivity contribution is 7.81. The quantitative estimate of drug-likeness (QED) is 0.560. The molecule has 0 heterocycles. The normalized spacial score (nSPS) is 11.7. The molecular formula is C20H15ClNO6S-. The summed E-state index contributed by atoms with van der Waals surface area (Å²) in [6.45, 7) is 0. The maximum atomic E-state index is 11.9. The number of nitrogens with zero attached hydrogens (tertiary/aromatic N) is 1. The lowest BCUT2D eigenvalue weighted by molar-refractivity contribution is 0.0694. The lowest BCUT2D eigenvalue weighted by Gasteiger charge is -2.27. The molecule has 3 aromatic carbocycles. The third kappa shape index (κ3) is 4.34. The summed E-state index contributed by atoms with van der Waals surface area (Å²) in [6, 6.07) is 15.2. The molecule has 0 spiro atoms. The lowest BCUT2D eigenvalue weighted by atomic mass is 10.0. The first-order chi connectivity index (χ1) is 13.8. The largest absolute Gasteiger partial charge is 0.755 e. The predicted octanol–water partition coefficient (Wildman–Crippen LogP) is 4.35. The van der Waals surface area contributed by atoms with Crippen LogP contribution >= 0.6 is 11.6 Å². The standard InChI is InChI=1S/C20H16ClNO6S/c1-28-19-8-5-13(21)10-17(19)12-3-2-4-14(9-12)22(29(26)27)15-6-7-16(20(24)25)18(23)11-15/h2-11,23H,1H3,(H,24,25)(H,26,27)/p-1. The first-order valence-corrected chi connectivity index (χ1v) is 9.62. The maximum Gasteiger partial charge on any atom is 0.339 e. The number of halogens is 1. The van der Waals surface area contributed by atoms with Gasteiger partial charge < -0.3 is 19.5 Å². The van der Waals surface area contributed by atoms with E-state index >= 15 is 0 Å². The van der Waals surface area contributed by atoms with Crippen molar-refractivity contribution in [2.45, 2.75) is 0 Å². The minimum atomic E-state index is -2.74. The average Bonchev–Trinajstić information content (AvgIpc) is 2.68. The Morgan fingerprint density at radius 2 is 1.83 bits per heavy atom. The minimum Gasteiger partial charge on any atom is -0.755 e. The van der Waals surface area contributed by atoms with E-state index in [4.69, 9.17) is 21.4 Å². The van der Waals surface area contributed by atoms with Gasteiger partial charge in [0.2, 0.25) is 0 Å². The number of hydrogen-bond donors (Lipinski definition) is 2. The molecule has 7 nitrogen and oxygen atoms in total. The number of carboxylic acid groups (broad SMARTS) is 1. The van der Waals surface area contributed by atoms with E-state index in [2.05, 4.69) is 0 Å². The number of aromatic carboxylic acids is 1. The molecular weight excluding hydrogens is 418 g/mol. The van der Waals surface area contributed by atoms with Crippen molar-refractivity contribution in [3.8, 4) is 22.6 Å². The second-order valence-corrected chi connectivity index (χ2v) is 7.15. The zero-order chi connectivity index (χ0) is 21.1. The number of carboxylic acids is 1. The van der Waals surface area contributed by atoms with Crippen LogP contribution < -0.4 is 9.04 Å². The Morgan fingerprint density at radius 3 is 2.45 bits per heavy atom. The summed E-state index contributed by atoms with van der Waals surface area (Å²) in [5.41, 5.74) is 1.35. The molecule has 0 saturated carbocycles. The maximum absolute atomic E-state index is 11.9. The van der Waals surface area contributed by atoms with E-state index in [0.717, 1.165) is 16.4 Å². The zero-order valence-corrected chi connectivity index (χ0v) is 16.6. The molecule has 0 saturated heterocycles. The van der Waals surface area contributed by atoms with Crippen molar-refractivity contribution in [2.75, 3.05) is 11.4 Å². The molecule has 9 heteroatoms. The van der Waals surface area contributed by atoms with Gasteiger partial charge in [0.15, 0.2) is 0 Å². The predicted molar refractivity (Wildman–Crippen MR) is 110 cm³/mol. The van der Waals surface area contributed by atoms with Gasteiger partial charge in [0.1, 0.15) is 17.1 Å². The van der Waals surface area contributed by atoms with E-state index in [9.17, 15) is 18.7 Å². The molecule has 0 aromatic heterocycles. The van der Waals surface area contributed by atoms with E-state index in [-0.39, 0.29) is 16.9 Å². The molecule has 3 rings (SSSR count). The highest BCUT2D eigenvalue weighted by Gasteiger charge is 2.17. The lowest BCUT2D eigenvalue weighted by Crippen LogP contribution is -2.19. The minimum absolute atomic E-state index is 0.0797. The number of anilines is 2. The van der Waals surface area contributed by atoms with Gasteiger partial charge in [-0.3, -0.25) is 8.51 Å². The smallest absolute Gasteiger partial charge is 0.339 e. The molecule has 3 aromatic rings. The van der Waals surface area contributed by atoms with Crippen molar-refractivity contribution in [1.29, 1.82) is 0 Å². The number of methoxy groups -OCH3 is 1. The van der Waals surface area contributed by atoms with Crippen LogP contribution in [0.2, 0.25) is 5.02 Å². The third-order valence-electron chi connectivity index (χ3n) is 4.15. The molecule has 0 fully saturated rings. The van der Waals surface area contributed by atoms with Crippen molar-refractivity contribution in [3.05, 3.63) is 71.2 Å². The molecule has 0 aliphatic rings. The Hall–Kier alpha value is -3.07. The first-order valence-electron chi connectivity index (χ1n) is 8.21. The SMILES string of the molecule is COc1ccc(Cl)cc1-c1cccc(N(c2ccc(C(=O)O)c(O)c2)S(=O)[O-])c1. The second kappa shape index (κ2) is 8.52. The van der Waals surface area contributed by atoms with Crippen molar-refractivity contribution in [3.63, 3.8) is 0 Å². The fraction of sp³-hybridized carbons (Fsp3) is 0.0500. The molecule has 1 unspecified atom stereocenters. The number of benzene rings is 3. The van der Waals surface area contributed by atoms with Gasteiger partial charge in [-0.1, -0.05) is 23.7 Å². The van der Waals surface area contributed by atoms with Crippen LogP contribution in [-0.2, 0) is 11.3 Å². The van der Waals surface area contributed by atoms with E-state index in [1.807, 2.05) is 0 Å². The van der Waals surface area contributed by atoms with Crippen LogP contribution in [0.25, 0.3) is 11.1 Å². The molecule has 0 amide bonds. The number of aromatic hydroxyl groups is 1. The van der Waals surface area contributed by atoms with Gasteiger partial charge in [-0.05, 0) is 48.0 Å². The third-order valence-corrected chi connectivity index (χ3v) is 5.10. The fourth-order valence-corrected chi connectivity index (χ4v) is 3.60. The van der Waals surface area contributed by atoms with Gasteiger partial charge in [0.05, 0.1) is 29.8 Å². The van der Waals surface area contributed by atoms with E-state index in [0.29, 0.717) is 21.9 Å².